The van der Waals surface area contributed by atoms with Gasteiger partial charge in [-0.2, -0.15) is 0 Å². The molecule has 28 heavy (non-hydrogen) atoms. The van der Waals surface area contributed by atoms with Crippen molar-refractivity contribution in [1.29, 1.82) is 0 Å². The Hall–Kier alpha value is -2.25. The average Bonchev–Trinajstić information content (AvgIpc) is 3.06. The summed E-state index contributed by atoms with van der Waals surface area (Å²) in [5.74, 6) is 0.101. The first-order valence-electron chi connectivity index (χ1n) is 10.1. The maximum Gasteiger partial charge on any atom is 0.258 e. The Balaban J connectivity index is 1.56. The zero-order valence-electron chi connectivity index (χ0n) is 16.6. The van der Waals surface area contributed by atoms with Gasteiger partial charge in [0.05, 0.1) is 11.3 Å². The largest absolute Gasteiger partial charge is 0.377 e. The summed E-state index contributed by atoms with van der Waals surface area (Å²) in [5, 5.41) is 3.15. The highest BCUT2D eigenvalue weighted by Crippen LogP contribution is 2.42. The highest BCUT2D eigenvalue weighted by Gasteiger charge is 2.51. The van der Waals surface area contributed by atoms with Crippen LogP contribution >= 0.6 is 0 Å². The van der Waals surface area contributed by atoms with Gasteiger partial charge in [-0.25, -0.2) is 4.98 Å². The number of nitrogens with one attached hydrogen (secondary N) is 1. The van der Waals surface area contributed by atoms with E-state index < -0.39 is 0 Å². The molecular weight excluding hydrogens is 356 g/mol. The molecule has 0 radical (unpaired) electrons. The summed E-state index contributed by atoms with van der Waals surface area (Å²) in [7, 11) is 1.79. The summed E-state index contributed by atoms with van der Waals surface area (Å²) in [6.07, 6.45) is 5.96. The van der Waals surface area contributed by atoms with Crippen molar-refractivity contribution in [3.63, 3.8) is 0 Å². The van der Waals surface area contributed by atoms with Crippen molar-refractivity contribution in [2.75, 3.05) is 13.7 Å². The second-order valence-electron chi connectivity index (χ2n) is 7.91. The van der Waals surface area contributed by atoms with E-state index in [0.29, 0.717) is 18.6 Å². The predicted molar refractivity (Wildman–Crippen MR) is 106 cm³/mol. The second kappa shape index (κ2) is 7.64. The lowest BCUT2D eigenvalue weighted by molar-refractivity contribution is -0.123. The number of likely N-dealkylation sites (tertiary alicyclic amines) is 1. The van der Waals surface area contributed by atoms with Crippen LogP contribution in [0.5, 0.6) is 0 Å². The van der Waals surface area contributed by atoms with E-state index in [9.17, 15) is 9.59 Å². The molecule has 1 aliphatic carbocycles. The molecule has 2 aliphatic rings. The third-order valence-electron chi connectivity index (χ3n) is 6.38. The Morgan fingerprint density at radius 3 is 3.04 bits per heavy atom. The number of hydrogen-bond donors (Lipinski definition) is 1. The van der Waals surface area contributed by atoms with Crippen LogP contribution in [-0.4, -0.2) is 51.5 Å². The normalized spacial score (nSPS) is 27.6. The predicted octanol–water partition coefficient (Wildman–Crippen LogP) is 1.73. The van der Waals surface area contributed by atoms with E-state index in [4.69, 9.17) is 4.74 Å². The van der Waals surface area contributed by atoms with E-state index in [2.05, 4.69) is 15.2 Å². The van der Waals surface area contributed by atoms with Gasteiger partial charge in [0.15, 0.2) is 0 Å². The molecule has 7 heteroatoms. The molecule has 150 valence electrons. The average molecular weight is 384 g/mol. The number of ether oxygens (including phenoxy) is 1. The Kier molecular flexibility index (Phi) is 5.21. The van der Waals surface area contributed by atoms with Crippen molar-refractivity contribution < 1.29 is 9.53 Å². The molecule has 2 fully saturated rings. The van der Waals surface area contributed by atoms with E-state index in [0.717, 1.165) is 37.9 Å². The minimum Gasteiger partial charge on any atom is -0.377 e. The highest BCUT2D eigenvalue weighted by molar-refractivity contribution is 5.75. The molecule has 1 saturated heterocycles. The molecule has 0 spiro atoms. The minimum absolute atomic E-state index is 0.0606. The van der Waals surface area contributed by atoms with Crippen LogP contribution in [0.3, 0.4) is 0 Å². The summed E-state index contributed by atoms with van der Waals surface area (Å²) in [6.45, 7) is 3.40. The molecule has 1 saturated carbocycles. The van der Waals surface area contributed by atoms with Gasteiger partial charge < -0.3 is 10.1 Å². The first kappa shape index (κ1) is 19.1. The van der Waals surface area contributed by atoms with Crippen molar-refractivity contribution in [3.05, 3.63) is 46.5 Å². The topological polar surface area (TPSA) is 75.9 Å². The molecule has 2 aromatic rings. The van der Waals surface area contributed by atoms with Crippen molar-refractivity contribution in [1.82, 2.24) is 19.6 Å². The van der Waals surface area contributed by atoms with Gasteiger partial charge in [-0.1, -0.05) is 13.0 Å². The summed E-state index contributed by atoms with van der Waals surface area (Å²) in [6, 6.07) is 7.58. The van der Waals surface area contributed by atoms with Gasteiger partial charge in [-0.3, -0.25) is 18.9 Å². The summed E-state index contributed by atoms with van der Waals surface area (Å²) in [5.41, 5.74) is 1.22. The van der Waals surface area contributed by atoms with Crippen LogP contribution < -0.4 is 10.9 Å². The minimum atomic E-state index is -0.167. The maximum atomic E-state index is 12.4. The van der Waals surface area contributed by atoms with Gasteiger partial charge in [0.2, 0.25) is 5.91 Å². The number of hydrogen-bond acceptors (Lipinski definition) is 5. The third kappa shape index (κ3) is 3.44. The molecule has 0 aromatic carbocycles. The first-order chi connectivity index (χ1) is 13.5. The van der Waals surface area contributed by atoms with Gasteiger partial charge in [-0.15, -0.1) is 0 Å². The highest BCUT2D eigenvalue weighted by atomic mass is 16.5. The number of rotatable bonds is 5. The fraction of sp³-hybridized carbons (Fsp3) is 0.571. The first-order valence-corrected chi connectivity index (χ1v) is 10.1. The van der Waals surface area contributed by atoms with Crippen molar-refractivity contribution in [2.45, 2.75) is 63.3 Å². The van der Waals surface area contributed by atoms with Crippen molar-refractivity contribution >= 4 is 11.6 Å². The van der Waals surface area contributed by atoms with Gasteiger partial charge >= 0.3 is 0 Å². The van der Waals surface area contributed by atoms with Gasteiger partial charge in [0, 0.05) is 51.0 Å². The number of fused-ring (bicyclic) bond motifs is 2. The summed E-state index contributed by atoms with van der Waals surface area (Å²) < 4.78 is 7.56. The van der Waals surface area contributed by atoms with Crippen molar-refractivity contribution in [2.24, 2.45) is 0 Å². The Morgan fingerprint density at radius 1 is 1.39 bits per heavy atom. The number of carbonyl (C=O) groups is 1. The Morgan fingerprint density at radius 2 is 2.25 bits per heavy atom. The van der Waals surface area contributed by atoms with E-state index in [1.807, 2.05) is 25.1 Å². The summed E-state index contributed by atoms with van der Waals surface area (Å²) >= 11 is 0. The standard InChI is InChI=1S/C21H28N4O3/c1-3-19(26)23-15-7-8-21(28-2)9-11-24(17(21)12-15)14-16-13-20(27)25-10-5-4-6-18(25)22-16/h4-6,10,13,15,17H,3,7-9,11-12,14H2,1-2H3,(H,23,26)/t15-,17+,21-/m1/s1. The number of carbonyl (C=O) groups excluding carboxylic acids is 1. The molecule has 7 nitrogen and oxygen atoms in total. The number of aromatic nitrogens is 2. The zero-order chi connectivity index (χ0) is 19.7. The van der Waals surface area contributed by atoms with Gasteiger partial charge in [0.25, 0.3) is 5.56 Å². The molecule has 1 N–H and O–H groups in total. The van der Waals surface area contributed by atoms with Crippen molar-refractivity contribution in [3.8, 4) is 0 Å². The maximum absolute atomic E-state index is 12.4. The van der Waals surface area contributed by atoms with Gasteiger partial charge in [-0.05, 0) is 37.8 Å². The molecule has 3 heterocycles. The van der Waals surface area contributed by atoms with E-state index in [1.165, 1.54) is 0 Å². The van der Waals surface area contributed by atoms with Crippen LogP contribution in [0.15, 0.2) is 35.3 Å². The quantitative estimate of drug-likeness (QED) is 0.850. The number of methoxy groups -OCH3 is 1. The molecular formula is C21H28N4O3. The molecule has 1 aliphatic heterocycles. The number of amides is 1. The van der Waals surface area contributed by atoms with E-state index >= 15 is 0 Å². The summed E-state index contributed by atoms with van der Waals surface area (Å²) in [4.78, 5) is 31.3. The van der Waals surface area contributed by atoms with Crippen LogP contribution in [-0.2, 0) is 16.1 Å². The number of nitrogens with zero attached hydrogens (tertiary/aromatic N) is 3. The molecule has 0 bridgehead atoms. The van der Waals surface area contributed by atoms with E-state index in [1.54, 1.807) is 23.8 Å². The molecule has 3 atom stereocenters. The zero-order valence-corrected chi connectivity index (χ0v) is 16.6. The van der Waals surface area contributed by atoms with Crippen LogP contribution in [0.25, 0.3) is 5.65 Å². The molecule has 4 rings (SSSR count). The molecule has 0 unspecified atom stereocenters. The molecule has 2 aromatic heterocycles. The van der Waals surface area contributed by atoms with Gasteiger partial charge in [0.1, 0.15) is 5.65 Å². The lowest BCUT2D eigenvalue weighted by Crippen LogP contribution is -2.54. The molecule has 1 amide bonds. The smallest absolute Gasteiger partial charge is 0.258 e. The lowest BCUT2D eigenvalue weighted by Gasteiger charge is -2.44. The van der Waals surface area contributed by atoms with Crippen LogP contribution in [0.4, 0.5) is 0 Å². The SMILES string of the molecule is CCC(=O)N[C@@H]1CC[C@@]2(OC)CCN(Cc3cc(=O)n4ccccc4n3)[C@H]2C1. The lowest BCUT2D eigenvalue weighted by atomic mass is 9.78. The third-order valence-corrected chi connectivity index (χ3v) is 6.38. The Bertz CT molecular complexity index is 927. The second-order valence-corrected chi connectivity index (χ2v) is 7.91. The van der Waals surface area contributed by atoms with Crippen LogP contribution in [0.2, 0.25) is 0 Å². The van der Waals surface area contributed by atoms with Crippen LogP contribution in [0, 0.1) is 0 Å². The monoisotopic (exact) mass is 384 g/mol. The number of pyridine rings is 1. The fourth-order valence-electron chi connectivity index (χ4n) is 4.83. The fourth-order valence-corrected chi connectivity index (χ4v) is 4.83. The Labute approximate surface area is 164 Å². The van der Waals surface area contributed by atoms with Crippen LogP contribution in [0.1, 0.15) is 44.7 Å². The van der Waals surface area contributed by atoms with E-state index in [-0.39, 0.29) is 29.2 Å².